The Balaban J connectivity index is 1.84. The molecule has 3 N–H and O–H groups in total. The Morgan fingerprint density at radius 2 is 1.70 bits per heavy atom. The first kappa shape index (κ1) is 15.2. The maximum atomic E-state index is 12.5. The van der Waals surface area contributed by atoms with Gasteiger partial charge in [0.25, 0.3) is 5.91 Å². The molecule has 5 heteroatoms. The number of carbonyl (C=O) groups excluding carboxylic acids is 2. The van der Waals surface area contributed by atoms with Crippen LogP contribution in [0.25, 0.3) is 0 Å². The molecule has 0 fully saturated rings. The lowest BCUT2D eigenvalue weighted by Crippen LogP contribution is -2.34. The van der Waals surface area contributed by atoms with E-state index in [9.17, 15) is 14.8 Å². The minimum atomic E-state index is -0.550. The maximum absolute atomic E-state index is 12.5. The molecule has 0 aromatic heterocycles. The number of hydrogen-bond donors (Lipinski definition) is 2. The van der Waals surface area contributed by atoms with Gasteiger partial charge in [-0.1, -0.05) is 24.3 Å². The van der Waals surface area contributed by atoms with Crippen LogP contribution in [0.3, 0.4) is 0 Å². The van der Waals surface area contributed by atoms with E-state index in [1.807, 2.05) is 24.3 Å². The third-order valence-electron chi connectivity index (χ3n) is 4.26. The summed E-state index contributed by atoms with van der Waals surface area (Å²) in [6.07, 6.45) is 2.60. The van der Waals surface area contributed by atoms with Gasteiger partial charge in [-0.2, -0.15) is 0 Å². The number of primary amides is 1. The molecule has 118 valence electrons. The third-order valence-corrected chi connectivity index (χ3v) is 4.26. The van der Waals surface area contributed by atoms with Crippen LogP contribution in [0.5, 0.6) is 0 Å². The number of benzene rings is 2. The Hall–Kier alpha value is -2.66. The van der Waals surface area contributed by atoms with Crippen molar-refractivity contribution in [2.24, 2.45) is 5.73 Å². The molecular formula is C18H18N2O3. The summed E-state index contributed by atoms with van der Waals surface area (Å²) in [7, 11) is 0. The zero-order valence-electron chi connectivity index (χ0n) is 12.6. The van der Waals surface area contributed by atoms with E-state index in [0.29, 0.717) is 11.1 Å². The van der Waals surface area contributed by atoms with Gasteiger partial charge in [0.15, 0.2) is 0 Å². The van der Waals surface area contributed by atoms with E-state index in [-0.39, 0.29) is 6.04 Å². The van der Waals surface area contributed by atoms with E-state index in [1.54, 1.807) is 0 Å². The highest BCUT2D eigenvalue weighted by molar-refractivity contribution is 5.96. The van der Waals surface area contributed by atoms with E-state index < -0.39 is 11.8 Å². The minimum absolute atomic E-state index is 0.320. The number of aryl methyl sites for hydroxylation is 1. The monoisotopic (exact) mass is 310 g/mol. The Kier molecular flexibility index (Phi) is 4.12. The number of carbonyl (C=O) groups is 2. The van der Waals surface area contributed by atoms with E-state index in [2.05, 4.69) is 0 Å². The lowest BCUT2D eigenvalue weighted by atomic mass is 9.87. The van der Waals surface area contributed by atoms with Crippen molar-refractivity contribution < 1.29 is 14.8 Å². The van der Waals surface area contributed by atoms with Gasteiger partial charge in [0.05, 0.1) is 6.04 Å². The Bertz CT molecular complexity index is 740. The molecule has 2 amide bonds. The second-order valence-electron chi connectivity index (χ2n) is 5.70. The predicted octanol–water partition coefficient (Wildman–Crippen LogP) is 2.69. The van der Waals surface area contributed by atoms with Crippen molar-refractivity contribution in [3.05, 3.63) is 70.8 Å². The molecule has 23 heavy (non-hydrogen) atoms. The molecule has 0 aliphatic heterocycles. The summed E-state index contributed by atoms with van der Waals surface area (Å²) >= 11 is 0. The van der Waals surface area contributed by atoms with Crippen LogP contribution < -0.4 is 5.73 Å². The highest BCUT2D eigenvalue weighted by Crippen LogP contribution is 2.33. The van der Waals surface area contributed by atoms with Crippen molar-refractivity contribution in [2.75, 3.05) is 0 Å². The van der Waals surface area contributed by atoms with Crippen LogP contribution in [0.4, 0.5) is 0 Å². The number of fused-ring (bicyclic) bond motifs is 1. The van der Waals surface area contributed by atoms with Gasteiger partial charge in [-0.3, -0.25) is 14.8 Å². The molecule has 0 saturated heterocycles. The van der Waals surface area contributed by atoms with Gasteiger partial charge < -0.3 is 5.73 Å². The molecule has 3 rings (SSSR count). The molecule has 0 heterocycles. The van der Waals surface area contributed by atoms with Crippen molar-refractivity contribution in [3.63, 3.8) is 0 Å². The van der Waals surface area contributed by atoms with Crippen molar-refractivity contribution in [3.8, 4) is 0 Å². The quantitative estimate of drug-likeness (QED) is 0.675. The second-order valence-corrected chi connectivity index (χ2v) is 5.70. The molecule has 0 spiro atoms. The number of nitrogens with zero attached hydrogens (tertiary/aromatic N) is 1. The van der Waals surface area contributed by atoms with Crippen LogP contribution in [-0.4, -0.2) is 22.1 Å². The van der Waals surface area contributed by atoms with Crippen LogP contribution in [0, 0.1) is 0 Å². The fourth-order valence-corrected chi connectivity index (χ4v) is 3.03. The average molecular weight is 310 g/mol. The topological polar surface area (TPSA) is 83.6 Å². The Morgan fingerprint density at radius 3 is 2.39 bits per heavy atom. The molecule has 1 unspecified atom stereocenters. The van der Waals surface area contributed by atoms with Gasteiger partial charge in [-0.15, -0.1) is 0 Å². The minimum Gasteiger partial charge on any atom is -0.366 e. The number of hydrogen-bond acceptors (Lipinski definition) is 3. The molecule has 2 aromatic rings. The van der Waals surface area contributed by atoms with Crippen LogP contribution in [-0.2, 0) is 6.42 Å². The first-order valence-corrected chi connectivity index (χ1v) is 7.58. The van der Waals surface area contributed by atoms with Gasteiger partial charge >= 0.3 is 0 Å². The molecule has 0 saturated carbocycles. The predicted molar refractivity (Wildman–Crippen MR) is 85.0 cm³/mol. The third kappa shape index (κ3) is 2.96. The summed E-state index contributed by atoms with van der Waals surface area (Å²) in [5, 5.41) is 11.2. The smallest absolute Gasteiger partial charge is 0.277 e. The lowest BCUT2D eigenvalue weighted by Gasteiger charge is -2.31. The van der Waals surface area contributed by atoms with E-state index >= 15 is 0 Å². The zero-order chi connectivity index (χ0) is 16.4. The molecule has 1 aliphatic rings. The first-order chi connectivity index (χ1) is 11.1. The largest absolute Gasteiger partial charge is 0.366 e. The van der Waals surface area contributed by atoms with Crippen LogP contribution in [0.1, 0.15) is 50.7 Å². The van der Waals surface area contributed by atoms with E-state index in [1.165, 1.54) is 29.8 Å². The van der Waals surface area contributed by atoms with Crippen LogP contribution >= 0.6 is 0 Å². The standard InChI is InChI=1S/C18H18N2O3/c19-17(21)13-8-10-14(11-9-13)18(22)20(23)16-7-3-5-12-4-1-2-6-15(12)16/h1-2,4,6,8-11,16,23H,3,5,7H2,(H2,19,21). The van der Waals surface area contributed by atoms with Gasteiger partial charge in [0, 0.05) is 11.1 Å². The molecule has 0 radical (unpaired) electrons. The number of rotatable bonds is 3. The van der Waals surface area contributed by atoms with Crippen molar-refractivity contribution >= 4 is 11.8 Å². The van der Waals surface area contributed by atoms with E-state index in [4.69, 9.17) is 5.73 Å². The van der Waals surface area contributed by atoms with Gasteiger partial charge in [0.1, 0.15) is 0 Å². The van der Waals surface area contributed by atoms with Crippen molar-refractivity contribution in [1.29, 1.82) is 0 Å². The van der Waals surface area contributed by atoms with Crippen LogP contribution in [0.2, 0.25) is 0 Å². The number of nitrogens with two attached hydrogens (primary N) is 1. The fraction of sp³-hybridized carbons (Fsp3) is 0.222. The molecule has 5 nitrogen and oxygen atoms in total. The molecular weight excluding hydrogens is 292 g/mol. The first-order valence-electron chi connectivity index (χ1n) is 7.58. The summed E-state index contributed by atoms with van der Waals surface area (Å²) in [4.78, 5) is 23.6. The summed E-state index contributed by atoms with van der Waals surface area (Å²) in [5.41, 5.74) is 7.99. The number of hydroxylamine groups is 2. The maximum Gasteiger partial charge on any atom is 0.277 e. The molecule has 0 bridgehead atoms. The molecule has 1 aliphatic carbocycles. The SMILES string of the molecule is NC(=O)c1ccc(C(=O)N(O)C2CCCc3ccccc32)cc1. The summed E-state index contributed by atoms with van der Waals surface area (Å²) in [6, 6.07) is 13.5. The zero-order valence-corrected chi connectivity index (χ0v) is 12.6. The lowest BCUT2D eigenvalue weighted by molar-refractivity contribution is -0.0939. The highest BCUT2D eigenvalue weighted by Gasteiger charge is 2.28. The summed E-state index contributed by atoms with van der Waals surface area (Å²) in [5.74, 6) is -1.03. The fourth-order valence-electron chi connectivity index (χ4n) is 3.03. The van der Waals surface area contributed by atoms with Crippen molar-refractivity contribution in [1.82, 2.24) is 5.06 Å². The van der Waals surface area contributed by atoms with Gasteiger partial charge in [-0.05, 0) is 54.7 Å². The van der Waals surface area contributed by atoms with Crippen molar-refractivity contribution in [2.45, 2.75) is 25.3 Å². The normalized spacial score (nSPS) is 16.5. The Labute approximate surface area is 134 Å². The van der Waals surface area contributed by atoms with Gasteiger partial charge in [-0.25, -0.2) is 5.06 Å². The Morgan fingerprint density at radius 1 is 1.04 bits per heavy atom. The summed E-state index contributed by atoms with van der Waals surface area (Å²) in [6.45, 7) is 0. The average Bonchev–Trinajstić information content (AvgIpc) is 2.60. The second kappa shape index (κ2) is 6.22. The van der Waals surface area contributed by atoms with Gasteiger partial charge in [0.2, 0.25) is 5.91 Å². The molecule has 1 atom stereocenters. The highest BCUT2D eigenvalue weighted by atomic mass is 16.5. The number of amides is 2. The summed E-state index contributed by atoms with van der Waals surface area (Å²) < 4.78 is 0. The van der Waals surface area contributed by atoms with E-state index in [0.717, 1.165) is 29.9 Å². The van der Waals surface area contributed by atoms with Crippen LogP contribution in [0.15, 0.2) is 48.5 Å². The molecule has 2 aromatic carbocycles.